The van der Waals surface area contributed by atoms with Gasteiger partial charge in [0.25, 0.3) is 0 Å². The molecule has 0 aliphatic rings. The van der Waals surface area contributed by atoms with Crippen molar-refractivity contribution in [2.24, 2.45) is 5.10 Å². The second kappa shape index (κ2) is 5.83. The summed E-state index contributed by atoms with van der Waals surface area (Å²) in [5.74, 6) is -0.768. The number of nitriles is 2. The zero-order valence-corrected chi connectivity index (χ0v) is 11.0. The van der Waals surface area contributed by atoms with Gasteiger partial charge in [0.05, 0.1) is 20.2 Å². The van der Waals surface area contributed by atoms with E-state index in [0.29, 0.717) is 0 Å². The van der Waals surface area contributed by atoms with E-state index in [-0.39, 0.29) is 25.9 Å². The smallest absolute Gasteiger partial charge is 0.237 e. The molecule has 0 atom stereocenters. The maximum absolute atomic E-state index is 13.2. The third-order valence-electron chi connectivity index (χ3n) is 1.60. The molecular formula is C9H2BrCl2FN4. The molecule has 1 rings (SSSR count). The minimum atomic E-state index is -0.768. The average Bonchev–Trinajstić information content (AvgIpc) is 2.33. The molecule has 8 heteroatoms. The Hall–Kier alpha value is -1.34. The standard InChI is InChI=1S/C9H2BrCl2FN4/c10-7-6(17-16-4(2-14)3-15)1-5(11)9(13)8(7)12/h1,17H. The molecule has 0 bridgehead atoms. The summed E-state index contributed by atoms with van der Waals surface area (Å²) >= 11 is 14.3. The third-order valence-corrected chi connectivity index (χ3v) is 3.28. The molecule has 1 aromatic carbocycles. The molecule has 0 aliphatic carbocycles. The van der Waals surface area contributed by atoms with E-state index in [1.54, 1.807) is 12.1 Å². The maximum atomic E-state index is 13.2. The molecular weight excluding hydrogens is 334 g/mol. The van der Waals surface area contributed by atoms with Crippen molar-refractivity contribution in [1.82, 2.24) is 0 Å². The first kappa shape index (κ1) is 13.7. The summed E-state index contributed by atoms with van der Waals surface area (Å²) in [5.41, 5.74) is 2.24. The van der Waals surface area contributed by atoms with Crippen molar-refractivity contribution in [2.75, 3.05) is 5.43 Å². The monoisotopic (exact) mass is 334 g/mol. The largest absolute Gasteiger partial charge is 0.275 e. The van der Waals surface area contributed by atoms with Crippen LogP contribution in [0.2, 0.25) is 10.0 Å². The summed E-state index contributed by atoms with van der Waals surface area (Å²) in [6.45, 7) is 0. The van der Waals surface area contributed by atoms with E-state index < -0.39 is 5.82 Å². The van der Waals surface area contributed by atoms with Gasteiger partial charge < -0.3 is 0 Å². The Bertz CT molecular complexity index is 558. The highest BCUT2D eigenvalue weighted by atomic mass is 79.9. The molecule has 0 spiro atoms. The number of halogens is 4. The van der Waals surface area contributed by atoms with E-state index in [0.717, 1.165) is 0 Å². The Morgan fingerprint density at radius 3 is 2.53 bits per heavy atom. The maximum Gasteiger partial charge on any atom is 0.237 e. The van der Waals surface area contributed by atoms with Crippen LogP contribution >= 0.6 is 39.1 Å². The second-order valence-corrected chi connectivity index (χ2v) is 4.22. The number of nitrogens with zero attached hydrogens (tertiary/aromatic N) is 3. The van der Waals surface area contributed by atoms with Gasteiger partial charge in [-0.15, -0.1) is 0 Å². The first-order chi connectivity index (χ1) is 8.01. The van der Waals surface area contributed by atoms with E-state index in [2.05, 4.69) is 26.5 Å². The van der Waals surface area contributed by atoms with E-state index in [1.807, 2.05) is 0 Å². The Balaban J connectivity index is 3.15. The van der Waals surface area contributed by atoms with E-state index >= 15 is 0 Å². The van der Waals surface area contributed by atoms with Crippen LogP contribution in [-0.4, -0.2) is 5.71 Å². The van der Waals surface area contributed by atoms with Crippen molar-refractivity contribution >= 4 is 50.5 Å². The van der Waals surface area contributed by atoms with Gasteiger partial charge in [-0.05, 0) is 22.0 Å². The van der Waals surface area contributed by atoms with Gasteiger partial charge >= 0.3 is 0 Å². The zero-order valence-electron chi connectivity index (χ0n) is 7.93. The predicted octanol–water partition coefficient (Wildman–Crippen LogP) is 3.71. The normalized spacial score (nSPS) is 9.06. The summed E-state index contributed by atoms with van der Waals surface area (Å²) in [6.07, 6.45) is 0. The van der Waals surface area contributed by atoms with Crippen molar-refractivity contribution in [2.45, 2.75) is 0 Å². The lowest BCUT2D eigenvalue weighted by Gasteiger charge is -2.07. The third kappa shape index (κ3) is 3.07. The van der Waals surface area contributed by atoms with E-state index in [9.17, 15) is 4.39 Å². The fourth-order valence-corrected chi connectivity index (χ4v) is 1.68. The molecule has 1 N–H and O–H groups in total. The Morgan fingerprint density at radius 2 is 2.00 bits per heavy atom. The van der Waals surface area contributed by atoms with Gasteiger partial charge in [0, 0.05) is 0 Å². The number of hydrazone groups is 1. The van der Waals surface area contributed by atoms with E-state index in [4.69, 9.17) is 33.7 Å². The molecule has 0 unspecified atom stereocenters. The van der Waals surface area contributed by atoms with Crippen molar-refractivity contribution in [3.05, 3.63) is 26.4 Å². The van der Waals surface area contributed by atoms with Crippen LogP contribution < -0.4 is 5.43 Å². The molecule has 0 aromatic heterocycles. The summed E-state index contributed by atoms with van der Waals surface area (Å²) in [5, 5.41) is 20.0. The molecule has 86 valence electrons. The quantitative estimate of drug-likeness (QED) is 0.387. The second-order valence-electron chi connectivity index (χ2n) is 2.64. The highest BCUT2D eigenvalue weighted by Gasteiger charge is 2.13. The van der Waals surface area contributed by atoms with Crippen LogP contribution in [0.25, 0.3) is 0 Å². The lowest BCUT2D eigenvalue weighted by molar-refractivity contribution is 0.628. The van der Waals surface area contributed by atoms with Gasteiger partial charge in [-0.1, -0.05) is 23.2 Å². The van der Waals surface area contributed by atoms with Crippen LogP contribution in [0.1, 0.15) is 0 Å². The summed E-state index contributed by atoms with van der Waals surface area (Å²) in [6, 6.07) is 4.33. The minimum Gasteiger partial charge on any atom is -0.275 e. The fraction of sp³-hybridized carbons (Fsp3) is 0. The van der Waals surface area contributed by atoms with Gasteiger partial charge in [0.2, 0.25) is 5.71 Å². The molecule has 0 fully saturated rings. The molecule has 0 radical (unpaired) electrons. The molecule has 0 heterocycles. The molecule has 0 saturated heterocycles. The van der Waals surface area contributed by atoms with Gasteiger partial charge in [0.15, 0.2) is 5.82 Å². The lowest BCUT2D eigenvalue weighted by atomic mass is 10.3. The van der Waals surface area contributed by atoms with Gasteiger partial charge in [-0.2, -0.15) is 15.6 Å². The van der Waals surface area contributed by atoms with Gasteiger partial charge in [-0.25, -0.2) is 4.39 Å². The number of hydrogen-bond donors (Lipinski definition) is 1. The number of anilines is 1. The Labute approximate surface area is 114 Å². The Morgan fingerprint density at radius 1 is 1.41 bits per heavy atom. The van der Waals surface area contributed by atoms with E-state index in [1.165, 1.54) is 6.07 Å². The first-order valence-electron chi connectivity index (χ1n) is 3.98. The molecule has 0 amide bonds. The summed E-state index contributed by atoms with van der Waals surface area (Å²) < 4.78 is 13.4. The van der Waals surface area contributed by atoms with Crippen LogP contribution in [0.15, 0.2) is 15.6 Å². The minimum absolute atomic E-state index is 0.194. The predicted molar refractivity (Wildman–Crippen MR) is 66.4 cm³/mol. The molecule has 0 aliphatic heterocycles. The molecule has 17 heavy (non-hydrogen) atoms. The van der Waals surface area contributed by atoms with Crippen LogP contribution in [0, 0.1) is 28.5 Å². The molecule has 4 nitrogen and oxygen atoms in total. The zero-order chi connectivity index (χ0) is 13.0. The topological polar surface area (TPSA) is 72.0 Å². The highest BCUT2D eigenvalue weighted by Crippen LogP contribution is 2.36. The van der Waals surface area contributed by atoms with Crippen molar-refractivity contribution < 1.29 is 4.39 Å². The lowest BCUT2D eigenvalue weighted by Crippen LogP contribution is -1.98. The van der Waals surface area contributed by atoms with Crippen LogP contribution in [0.3, 0.4) is 0 Å². The van der Waals surface area contributed by atoms with Crippen molar-refractivity contribution in [3.63, 3.8) is 0 Å². The fourth-order valence-electron chi connectivity index (χ4n) is 0.845. The molecule has 0 saturated carbocycles. The number of rotatable bonds is 2. The average molecular weight is 336 g/mol. The van der Waals surface area contributed by atoms with Crippen LogP contribution in [-0.2, 0) is 0 Å². The number of benzene rings is 1. The van der Waals surface area contributed by atoms with Crippen LogP contribution in [0.5, 0.6) is 0 Å². The number of hydrogen-bond acceptors (Lipinski definition) is 4. The SMILES string of the molecule is N#CC(C#N)=NNc1cc(Cl)c(F)c(Cl)c1Br. The summed E-state index contributed by atoms with van der Waals surface area (Å²) in [4.78, 5) is 0. The summed E-state index contributed by atoms with van der Waals surface area (Å²) in [7, 11) is 0. The Kier molecular flexibility index (Phi) is 4.71. The number of nitrogens with one attached hydrogen (secondary N) is 1. The van der Waals surface area contributed by atoms with Gasteiger partial charge in [0.1, 0.15) is 12.1 Å². The molecule has 1 aromatic rings. The van der Waals surface area contributed by atoms with Crippen LogP contribution in [0.4, 0.5) is 10.1 Å². The van der Waals surface area contributed by atoms with Crippen molar-refractivity contribution in [3.8, 4) is 12.1 Å². The van der Waals surface area contributed by atoms with Crippen molar-refractivity contribution in [1.29, 1.82) is 10.5 Å². The van der Waals surface area contributed by atoms with Gasteiger partial charge in [-0.3, -0.25) is 5.43 Å². The highest BCUT2D eigenvalue weighted by molar-refractivity contribution is 9.10. The first-order valence-corrected chi connectivity index (χ1v) is 5.53.